The smallest absolute Gasteiger partial charge is 0.329 e. The second-order valence-electron chi connectivity index (χ2n) is 9.04. The van der Waals surface area contributed by atoms with Gasteiger partial charge >= 0.3 is 5.97 Å². The van der Waals surface area contributed by atoms with Gasteiger partial charge in [-0.1, -0.05) is 63.9 Å². The van der Waals surface area contributed by atoms with Crippen LogP contribution in [0, 0.1) is 23.7 Å². The molecule has 178 valence electrons. The van der Waals surface area contributed by atoms with E-state index in [1.807, 2.05) is 32.0 Å². The third kappa shape index (κ3) is 4.05. The van der Waals surface area contributed by atoms with E-state index in [-0.39, 0.29) is 33.3 Å². The molecule has 4 rings (SSSR count). The van der Waals surface area contributed by atoms with Gasteiger partial charge in [0.2, 0.25) is 11.8 Å². The lowest BCUT2D eigenvalue weighted by atomic mass is 9.81. The number of amides is 3. The Morgan fingerprint density at radius 3 is 2.06 bits per heavy atom. The number of alkyl halides is 2. The number of aryl methyl sites for hydroxylation is 2. The molecule has 1 heterocycles. The molecule has 1 aliphatic heterocycles. The summed E-state index contributed by atoms with van der Waals surface area (Å²) in [5.41, 5.74) is 2.76. The van der Waals surface area contributed by atoms with Crippen LogP contribution in [0.1, 0.15) is 38.3 Å². The predicted molar refractivity (Wildman–Crippen MR) is 130 cm³/mol. The van der Waals surface area contributed by atoms with E-state index in [0.29, 0.717) is 0 Å². The van der Waals surface area contributed by atoms with Gasteiger partial charge in [-0.25, -0.2) is 4.79 Å². The van der Waals surface area contributed by atoms with Crippen molar-refractivity contribution in [2.45, 2.75) is 55.7 Å². The fourth-order valence-electron chi connectivity index (χ4n) is 5.69. The molecule has 1 N–H and O–H groups in total. The molecular formula is C24H28Br2N2O5. The van der Waals surface area contributed by atoms with Gasteiger partial charge in [0.15, 0.2) is 6.61 Å². The summed E-state index contributed by atoms with van der Waals surface area (Å²) in [5.74, 6) is -2.46. The van der Waals surface area contributed by atoms with Gasteiger partial charge in [-0.15, -0.1) is 0 Å². The molecule has 2 saturated carbocycles. The monoisotopic (exact) mass is 582 g/mol. The summed E-state index contributed by atoms with van der Waals surface area (Å²) in [6.45, 7) is 5.02. The lowest BCUT2D eigenvalue weighted by Gasteiger charge is -2.28. The summed E-state index contributed by atoms with van der Waals surface area (Å²) >= 11 is 7.31. The van der Waals surface area contributed by atoms with E-state index in [4.69, 9.17) is 4.74 Å². The second-order valence-corrected chi connectivity index (χ2v) is 11.2. The van der Waals surface area contributed by atoms with Crippen molar-refractivity contribution < 1.29 is 23.9 Å². The second kappa shape index (κ2) is 9.49. The molecule has 33 heavy (non-hydrogen) atoms. The van der Waals surface area contributed by atoms with Crippen LogP contribution in [0.15, 0.2) is 18.2 Å². The molecule has 7 atom stereocenters. The van der Waals surface area contributed by atoms with E-state index in [0.717, 1.165) is 41.0 Å². The molecule has 0 unspecified atom stereocenters. The number of ether oxygens (including phenoxy) is 1. The van der Waals surface area contributed by atoms with Crippen LogP contribution in [0.2, 0.25) is 0 Å². The number of imide groups is 1. The lowest BCUT2D eigenvalue weighted by Crippen LogP contribution is -2.45. The largest absolute Gasteiger partial charge is 0.454 e. The Hall–Kier alpha value is -1.74. The number of hydrogen-bond acceptors (Lipinski definition) is 5. The Labute approximate surface area is 210 Å². The van der Waals surface area contributed by atoms with Crippen LogP contribution >= 0.6 is 31.9 Å². The van der Waals surface area contributed by atoms with Crippen LogP contribution < -0.4 is 5.32 Å². The molecule has 3 fully saturated rings. The number of fused-ring (bicyclic) bond motifs is 5. The SMILES string of the molecule is CCc1cccc(CC)c1NC(=O)COC(=O)[C@H](C)N1C(=O)[C@@H]2[C@H]3C[C@@H]([C@H](Br)[C@H]3Br)[C@H]2C1=O. The van der Waals surface area contributed by atoms with E-state index >= 15 is 0 Å². The Morgan fingerprint density at radius 1 is 1.06 bits per heavy atom. The minimum Gasteiger partial charge on any atom is -0.454 e. The van der Waals surface area contributed by atoms with E-state index in [1.165, 1.54) is 6.92 Å². The van der Waals surface area contributed by atoms with Gasteiger partial charge in [-0.2, -0.15) is 0 Å². The van der Waals surface area contributed by atoms with Gasteiger partial charge in [0, 0.05) is 15.3 Å². The number of benzene rings is 1. The van der Waals surface area contributed by atoms with Gasteiger partial charge in [0.1, 0.15) is 6.04 Å². The molecule has 3 amide bonds. The Kier molecular flexibility index (Phi) is 7.01. The van der Waals surface area contributed by atoms with Crippen molar-refractivity contribution in [2.75, 3.05) is 11.9 Å². The molecule has 2 bridgehead atoms. The zero-order valence-corrected chi connectivity index (χ0v) is 22.0. The fourth-order valence-corrected chi connectivity index (χ4v) is 7.57. The number of likely N-dealkylation sites (tertiary alicyclic amines) is 1. The molecule has 1 saturated heterocycles. The third-order valence-corrected chi connectivity index (χ3v) is 10.6. The molecule has 3 aliphatic rings. The highest BCUT2D eigenvalue weighted by Gasteiger charge is 2.67. The first-order valence-corrected chi connectivity index (χ1v) is 13.3. The topological polar surface area (TPSA) is 92.8 Å². The Bertz CT molecular complexity index is 945. The van der Waals surface area contributed by atoms with E-state index in [9.17, 15) is 19.2 Å². The maximum absolute atomic E-state index is 13.1. The van der Waals surface area contributed by atoms with Crippen molar-refractivity contribution in [3.8, 4) is 0 Å². The van der Waals surface area contributed by atoms with Crippen LogP contribution in [0.25, 0.3) is 0 Å². The quantitative estimate of drug-likeness (QED) is 0.301. The molecule has 1 aromatic carbocycles. The normalized spacial score (nSPS) is 31.0. The number of rotatable bonds is 7. The van der Waals surface area contributed by atoms with Gasteiger partial charge in [0.25, 0.3) is 5.91 Å². The minimum absolute atomic E-state index is 0.0752. The number of carbonyl (C=O) groups is 4. The van der Waals surface area contributed by atoms with Crippen molar-refractivity contribution in [3.05, 3.63) is 29.3 Å². The van der Waals surface area contributed by atoms with Gasteiger partial charge in [-0.3, -0.25) is 19.3 Å². The summed E-state index contributed by atoms with van der Waals surface area (Å²) in [6, 6.07) is 4.79. The number of esters is 1. The fraction of sp³-hybridized carbons (Fsp3) is 0.583. The highest BCUT2D eigenvalue weighted by molar-refractivity contribution is 9.12. The van der Waals surface area contributed by atoms with E-state index < -0.39 is 36.4 Å². The van der Waals surface area contributed by atoms with Gasteiger partial charge in [0.05, 0.1) is 11.8 Å². The first-order valence-electron chi connectivity index (χ1n) is 11.4. The lowest BCUT2D eigenvalue weighted by molar-refractivity contribution is -0.159. The number of carbonyl (C=O) groups excluding carboxylic acids is 4. The van der Waals surface area contributed by atoms with Crippen LogP contribution in [0.4, 0.5) is 5.69 Å². The van der Waals surface area contributed by atoms with E-state index in [1.54, 1.807) is 0 Å². The molecule has 0 aromatic heterocycles. The molecular weight excluding hydrogens is 556 g/mol. The van der Waals surface area contributed by atoms with Gasteiger partial charge in [-0.05, 0) is 49.1 Å². The van der Waals surface area contributed by atoms with Crippen LogP contribution in [0.3, 0.4) is 0 Å². The van der Waals surface area contributed by atoms with Crippen molar-refractivity contribution in [3.63, 3.8) is 0 Å². The molecule has 0 spiro atoms. The molecule has 7 nitrogen and oxygen atoms in total. The summed E-state index contributed by atoms with van der Waals surface area (Å²) in [4.78, 5) is 52.7. The number of anilines is 1. The number of nitrogens with one attached hydrogen (secondary N) is 1. The standard InChI is InChI=1S/C24H28Br2N2O5/c1-4-12-7-6-8-13(5-2)21(12)27-16(29)10-33-24(32)11(3)28-22(30)17-14-9-15(18(17)23(28)31)20(26)19(14)25/h6-8,11,14-15,17-20H,4-5,9-10H2,1-3H3,(H,27,29)/t11-,14+,15+,17+,18+,19-,20-/m0/s1. The van der Waals surface area contributed by atoms with Crippen molar-refractivity contribution in [1.82, 2.24) is 4.90 Å². The maximum atomic E-state index is 13.1. The summed E-state index contributed by atoms with van der Waals surface area (Å²) in [6.07, 6.45) is 2.34. The maximum Gasteiger partial charge on any atom is 0.329 e. The summed E-state index contributed by atoms with van der Waals surface area (Å²) in [7, 11) is 0. The Balaban J connectivity index is 1.39. The zero-order valence-electron chi connectivity index (χ0n) is 18.8. The molecule has 0 radical (unpaired) electrons. The highest BCUT2D eigenvalue weighted by Crippen LogP contribution is 2.60. The number of halogens is 2. The number of nitrogens with zero attached hydrogens (tertiary/aromatic N) is 1. The Morgan fingerprint density at radius 2 is 1.58 bits per heavy atom. The van der Waals surface area contributed by atoms with Crippen LogP contribution in [-0.2, 0) is 36.8 Å². The first kappa shape index (κ1) is 24.4. The molecule has 9 heteroatoms. The minimum atomic E-state index is -1.07. The average Bonchev–Trinajstić information content (AvgIpc) is 3.41. The summed E-state index contributed by atoms with van der Waals surface area (Å²) in [5, 5.41) is 2.85. The van der Waals surface area contributed by atoms with Crippen molar-refractivity contribution >= 4 is 61.2 Å². The van der Waals surface area contributed by atoms with Crippen LogP contribution in [-0.4, -0.2) is 50.9 Å². The molecule has 1 aromatic rings. The van der Waals surface area contributed by atoms with Gasteiger partial charge < -0.3 is 10.1 Å². The number of para-hydroxylation sites is 1. The van der Waals surface area contributed by atoms with Crippen molar-refractivity contribution in [1.29, 1.82) is 0 Å². The average molecular weight is 584 g/mol. The zero-order chi connectivity index (χ0) is 24.0. The van der Waals surface area contributed by atoms with Crippen molar-refractivity contribution in [2.24, 2.45) is 23.7 Å². The number of hydrogen-bond donors (Lipinski definition) is 1. The summed E-state index contributed by atoms with van der Waals surface area (Å²) < 4.78 is 5.21. The molecule has 2 aliphatic carbocycles. The predicted octanol–water partition coefficient (Wildman–Crippen LogP) is 3.46. The van der Waals surface area contributed by atoms with Crippen LogP contribution in [0.5, 0.6) is 0 Å². The highest BCUT2D eigenvalue weighted by atomic mass is 79.9. The third-order valence-electron chi connectivity index (χ3n) is 7.36. The van der Waals surface area contributed by atoms with E-state index in [2.05, 4.69) is 37.2 Å². The first-order chi connectivity index (χ1) is 15.7.